The van der Waals surface area contributed by atoms with Crippen molar-refractivity contribution in [2.24, 2.45) is 0 Å². The largest absolute Gasteiger partial charge is 0.418 e. The minimum Gasteiger partial charge on any atom is -0.252 e. The molecule has 0 atom stereocenters. The molecule has 1 nitrogen and oxygen atoms in total. The summed E-state index contributed by atoms with van der Waals surface area (Å²) >= 11 is 0. The predicted molar refractivity (Wildman–Crippen MR) is 60.8 cm³/mol. The van der Waals surface area contributed by atoms with Gasteiger partial charge in [-0.1, -0.05) is 32.0 Å². The second-order valence-electron chi connectivity index (χ2n) is 4.27. The Balaban J connectivity index is 2.75. The van der Waals surface area contributed by atoms with Crippen molar-refractivity contribution in [2.75, 3.05) is 0 Å². The van der Waals surface area contributed by atoms with Crippen LogP contribution < -0.4 is 0 Å². The highest BCUT2D eigenvalue weighted by Crippen LogP contribution is 2.35. The molecular weight excluding hydrogens is 227 g/mol. The van der Waals surface area contributed by atoms with Gasteiger partial charge in [-0.25, -0.2) is 0 Å². The van der Waals surface area contributed by atoms with Crippen molar-refractivity contribution in [2.45, 2.75) is 25.9 Å². The molecule has 17 heavy (non-hydrogen) atoms. The first-order valence-corrected chi connectivity index (χ1v) is 5.36. The molecule has 0 aliphatic rings. The third kappa shape index (κ3) is 2.25. The van der Waals surface area contributed by atoms with Crippen molar-refractivity contribution in [3.63, 3.8) is 0 Å². The smallest absolute Gasteiger partial charge is 0.252 e. The fourth-order valence-corrected chi connectivity index (χ4v) is 1.80. The molecule has 1 heterocycles. The molecule has 0 N–H and O–H groups in total. The van der Waals surface area contributed by atoms with Crippen LogP contribution in [0.25, 0.3) is 10.9 Å². The van der Waals surface area contributed by atoms with E-state index in [1.165, 1.54) is 6.07 Å². The van der Waals surface area contributed by atoms with Crippen LogP contribution in [-0.4, -0.2) is 4.98 Å². The molecule has 0 fully saturated rings. The molecule has 0 spiro atoms. The maximum Gasteiger partial charge on any atom is 0.418 e. The number of halogens is 3. The summed E-state index contributed by atoms with van der Waals surface area (Å²) < 4.78 is 38.7. The molecule has 2 rings (SSSR count). The van der Waals surface area contributed by atoms with Crippen molar-refractivity contribution >= 4 is 10.9 Å². The highest BCUT2D eigenvalue weighted by atomic mass is 19.4. The minimum absolute atomic E-state index is 0.108. The second kappa shape index (κ2) is 4.02. The summed E-state index contributed by atoms with van der Waals surface area (Å²) in [4.78, 5) is 4.12. The number of nitrogens with zero attached hydrogens (tertiary/aromatic N) is 1. The third-order valence-electron chi connectivity index (χ3n) is 2.61. The zero-order valence-corrected chi connectivity index (χ0v) is 9.55. The highest BCUT2D eigenvalue weighted by Gasteiger charge is 2.35. The highest BCUT2D eigenvalue weighted by molar-refractivity contribution is 5.79. The van der Waals surface area contributed by atoms with E-state index in [4.69, 9.17) is 0 Å². The van der Waals surface area contributed by atoms with E-state index in [1.807, 2.05) is 0 Å². The van der Waals surface area contributed by atoms with Gasteiger partial charge in [0, 0.05) is 5.39 Å². The number of benzene rings is 1. The summed E-state index contributed by atoms with van der Waals surface area (Å²) in [5, 5.41) is 0.518. The van der Waals surface area contributed by atoms with E-state index in [2.05, 4.69) is 4.98 Å². The fraction of sp³-hybridized carbons (Fsp3) is 0.308. The van der Waals surface area contributed by atoms with Crippen LogP contribution >= 0.6 is 0 Å². The lowest BCUT2D eigenvalue weighted by Gasteiger charge is -2.15. The molecular formula is C13H12F3N. The number of rotatable bonds is 1. The van der Waals surface area contributed by atoms with Crippen molar-refractivity contribution < 1.29 is 13.2 Å². The molecule has 1 aromatic carbocycles. The van der Waals surface area contributed by atoms with Crippen LogP contribution in [-0.2, 0) is 6.18 Å². The van der Waals surface area contributed by atoms with E-state index in [1.54, 1.807) is 38.1 Å². The molecule has 0 unspecified atom stereocenters. The van der Waals surface area contributed by atoms with Crippen LogP contribution in [0.3, 0.4) is 0 Å². The molecule has 0 saturated carbocycles. The zero-order valence-electron chi connectivity index (χ0n) is 9.55. The van der Waals surface area contributed by atoms with Gasteiger partial charge < -0.3 is 0 Å². The number of para-hydroxylation sites is 1. The molecule has 1 aromatic heterocycles. The third-order valence-corrected chi connectivity index (χ3v) is 2.61. The Morgan fingerprint density at radius 1 is 1.12 bits per heavy atom. The van der Waals surface area contributed by atoms with Gasteiger partial charge >= 0.3 is 6.18 Å². The van der Waals surface area contributed by atoms with Crippen LogP contribution in [0.15, 0.2) is 30.3 Å². The lowest BCUT2D eigenvalue weighted by atomic mass is 10.0. The SMILES string of the molecule is CC(C)c1nc2ccccc2cc1C(F)(F)F. The first-order valence-electron chi connectivity index (χ1n) is 5.36. The van der Waals surface area contributed by atoms with Crippen molar-refractivity contribution in [3.8, 4) is 0 Å². The van der Waals surface area contributed by atoms with Gasteiger partial charge in [-0.2, -0.15) is 13.2 Å². The zero-order chi connectivity index (χ0) is 12.6. The Hall–Kier alpha value is -1.58. The Bertz CT molecular complexity index is 544. The van der Waals surface area contributed by atoms with E-state index in [9.17, 15) is 13.2 Å². The number of alkyl halides is 3. The summed E-state index contributed by atoms with van der Waals surface area (Å²) in [5.74, 6) is -0.253. The van der Waals surface area contributed by atoms with Crippen molar-refractivity contribution in [1.82, 2.24) is 4.98 Å². The maximum atomic E-state index is 12.9. The predicted octanol–water partition coefficient (Wildman–Crippen LogP) is 4.38. The van der Waals surface area contributed by atoms with Crippen LogP contribution in [0.4, 0.5) is 13.2 Å². The summed E-state index contributed by atoms with van der Waals surface area (Å²) in [6.07, 6.45) is -4.35. The van der Waals surface area contributed by atoms with Gasteiger partial charge in [-0.05, 0) is 18.1 Å². The summed E-state index contributed by atoms with van der Waals surface area (Å²) in [7, 11) is 0. The van der Waals surface area contributed by atoms with Gasteiger partial charge in [0.25, 0.3) is 0 Å². The Morgan fingerprint density at radius 2 is 1.76 bits per heavy atom. The summed E-state index contributed by atoms with van der Waals surface area (Å²) in [6, 6.07) is 8.02. The number of hydrogen-bond donors (Lipinski definition) is 0. The molecule has 0 amide bonds. The van der Waals surface area contributed by atoms with E-state index in [0.717, 1.165) is 0 Å². The first kappa shape index (κ1) is 11.9. The normalized spacial score (nSPS) is 12.4. The van der Waals surface area contributed by atoms with Gasteiger partial charge in [0.15, 0.2) is 0 Å². The second-order valence-corrected chi connectivity index (χ2v) is 4.27. The monoisotopic (exact) mass is 239 g/mol. The van der Waals surface area contributed by atoms with E-state index in [-0.39, 0.29) is 11.6 Å². The summed E-state index contributed by atoms with van der Waals surface area (Å²) in [5.41, 5.74) is 0.0756. The first-order chi connectivity index (χ1) is 7.89. The van der Waals surface area contributed by atoms with Crippen LogP contribution in [0.2, 0.25) is 0 Å². The topological polar surface area (TPSA) is 12.9 Å². The average Bonchev–Trinajstić information content (AvgIpc) is 2.26. The van der Waals surface area contributed by atoms with E-state index < -0.39 is 11.7 Å². The number of hydrogen-bond acceptors (Lipinski definition) is 1. The average molecular weight is 239 g/mol. The lowest BCUT2D eigenvalue weighted by Crippen LogP contribution is -2.12. The van der Waals surface area contributed by atoms with E-state index in [0.29, 0.717) is 10.9 Å². The Labute approximate surface area is 97.3 Å². The Morgan fingerprint density at radius 3 is 2.35 bits per heavy atom. The molecule has 2 aromatic rings. The molecule has 0 saturated heterocycles. The quantitative estimate of drug-likeness (QED) is 0.719. The van der Waals surface area contributed by atoms with E-state index >= 15 is 0 Å². The molecule has 0 bridgehead atoms. The van der Waals surface area contributed by atoms with Crippen molar-refractivity contribution in [1.29, 1.82) is 0 Å². The fourth-order valence-electron chi connectivity index (χ4n) is 1.80. The molecule has 0 radical (unpaired) electrons. The molecule has 90 valence electrons. The van der Waals surface area contributed by atoms with Crippen LogP contribution in [0.1, 0.15) is 31.0 Å². The number of aromatic nitrogens is 1. The standard InChI is InChI=1S/C13H12F3N/c1-8(2)12-10(13(14,15)16)7-9-5-3-4-6-11(9)17-12/h3-8H,1-2H3. The minimum atomic E-state index is -4.35. The van der Waals surface area contributed by atoms with Gasteiger partial charge in [-0.15, -0.1) is 0 Å². The Kier molecular flexibility index (Phi) is 2.81. The van der Waals surface area contributed by atoms with Crippen LogP contribution in [0.5, 0.6) is 0 Å². The van der Waals surface area contributed by atoms with Gasteiger partial charge in [0.1, 0.15) is 0 Å². The molecule has 0 aliphatic heterocycles. The lowest BCUT2D eigenvalue weighted by molar-refractivity contribution is -0.138. The van der Waals surface area contributed by atoms with Gasteiger partial charge in [0.05, 0.1) is 16.8 Å². The number of pyridine rings is 1. The molecule has 4 heteroatoms. The molecule has 0 aliphatic carbocycles. The number of fused-ring (bicyclic) bond motifs is 1. The van der Waals surface area contributed by atoms with Crippen molar-refractivity contribution in [3.05, 3.63) is 41.6 Å². The van der Waals surface area contributed by atoms with Crippen LogP contribution in [0, 0.1) is 0 Å². The maximum absolute atomic E-state index is 12.9. The van der Waals surface area contributed by atoms with Gasteiger partial charge in [-0.3, -0.25) is 4.98 Å². The summed E-state index contributed by atoms with van der Waals surface area (Å²) in [6.45, 7) is 3.43. The van der Waals surface area contributed by atoms with Gasteiger partial charge in [0.2, 0.25) is 0 Å².